The van der Waals surface area contributed by atoms with E-state index in [1.807, 2.05) is 7.05 Å². The molecule has 0 aromatic carbocycles. The summed E-state index contributed by atoms with van der Waals surface area (Å²) in [6.07, 6.45) is 8.22. The van der Waals surface area contributed by atoms with Crippen molar-refractivity contribution in [1.29, 1.82) is 0 Å². The minimum atomic E-state index is 0.221. The summed E-state index contributed by atoms with van der Waals surface area (Å²) in [4.78, 5) is 13.4. The van der Waals surface area contributed by atoms with Gasteiger partial charge in [-0.1, -0.05) is 19.8 Å². The van der Waals surface area contributed by atoms with E-state index in [1.165, 1.54) is 0 Å². The van der Waals surface area contributed by atoms with Crippen molar-refractivity contribution >= 4 is 5.91 Å². The first-order valence-corrected chi connectivity index (χ1v) is 5.75. The van der Waals surface area contributed by atoms with Crippen molar-refractivity contribution in [2.45, 2.75) is 39.5 Å². The fourth-order valence-corrected chi connectivity index (χ4v) is 1.44. The number of nitrogens with zero attached hydrogens (tertiary/aromatic N) is 1. The molecule has 0 aliphatic carbocycles. The van der Waals surface area contributed by atoms with E-state index in [0.717, 1.165) is 25.8 Å². The summed E-state index contributed by atoms with van der Waals surface area (Å²) in [5.74, 6) is 8.44. The molecule has 16 heavy (non-hydrogen) atoms. The third kappa shape index (κ3) is 7.94. The molecule has 0 spiro atoms. The molecule has 0 bridgehead atoms. The zero-order valence-corrected chi connectivity index (χ0v) is 10.5. The number of carbonyl (C=O) groups is 1. The number of rotatable bonds is 6. The Morgan fingerprint density at radius 3 is 2.62 bits per heavy atom. The Morgan fingerprint density at radius 1 is 1.38 bits per heavy atom. The number of terminal acetylenes is 1. The summed E-state index contributed by atoms with van der Waals surface area (Å²) < 4.78 is 0. The SMILES string of the molecule is C#CC#CCCCCC(=O)N(C)CC(C)C. The monoisotopic (exact) mass is 219 g/mol. The molecule has 0 rings (SSSR count). The lowest BCUT2D eigenvalue weighted by Gasteiger charge is -2.19. The van der Waals surface area contributed by atoms with Gasteiger partial charge in [0.2, 0.25) is 5.91 Å². The molecular formula is C14H21NO. The van der Waals surface area contributed by atoms with Crippen LogP contribution in [0.5, 0.6) is 0 Å². The average molecular weight is 219 g/mol. The van der Waals surface area contributed by atoms with Crippen LogP contribution in [0.25, 0.3) is 0 Å². The molecular weight excluding hydrogens is 198 g/mol. The number of unbranched alkanes of at least 4 members (excludes halogenated alkanes) is 2. The highest BCUT2D eigenvalue weighted by Gasteiger charge is 2.08. The Kier molecular flexibility index (Phi) is 8.08. The Balaban J connectivity index is 3.62. The van der Waals surface area contributed by atoms with Crippen LogP contribution in [0.4, 0.5) is 0 Å². The average Bonchev–Trinajstić information content (AvgIpc) is 2.21. The van der Waals surface area contributed by atoms with E-state index in [2.05, 4.69) is 31.6 Å². The molecule has 88 valence electrons. The summed E-state index contributed by atoms with van der Waals surface area (Å²) >= 11 is 0. The molecule has 0 fully saturated rings. The molecule has 0 heterocycles. The fourth-order valence-electron chi connectivity index (χ4n) is 1.44. The van der Waals surface area contributed by atoms with Crippen LogP contribution < -0.4 is 0 Å². The molecule has 0 aliphatic rings. The standard InChI is InChI=1S/C14H21NO/c1-5-6-7-8-9-10-11-14(16)15(4)12-13(2)3/h1,13H,8-12H2,2-4H3. The van der Waals surface area contributed by atoms with Crippen LogP contribution in [-0.4, -0.2) is 24.4 Å². The van der Waals surface area contributed by atoms with E-state index >= 15 is 0 Å². The summed E-state index contributed by atoms with van der Waals surface area (Å²) in [5.41, 5.74) is 0. The van der Waals surface area contributed by atoms with Gasteiger partial charge in [-0.3, -0.25) is 4.79 Å². The number of amides is 1. The van der Waals surface area contributed by atoms with E-state index in [9.17, 15) is 4.79 Å². The quantitative estimate of drug-likeness (QED) is 0.496. The van der Waals surface area contributed by atoms with Crippen LogP contribution in [0.3, 0.4) is 0 Å². The third-order valence-electron chi connectivity index (χ3n) is 2.17. The molecule has 0 unspecified atom stereocenters. The highest BCUT2D eigenvalue weighted by molar-refractivity contribution is 5.75. The van der Waals surface area contributed by atoms with Gasteiger partial charge in [0.05, 0.1) is 0 Å². The molecule has 0 aromatic rings. The molecule has 0 saturated heterocycles. The molecule has 0 atom stereocenters. The molecule has 2 nitrogen and oxygen atoms in total. The van der Waals surface area contributed by atoms with Gasteiger partial charge in [0.1, 0.15) is 0 Å². The van der Waals surface area contributed by atoms with Gasteiger partial charge in [0, 0.05) is 26.4 Å². The zero-order valence-electron chi connectivity index (χ0n) is 10.5. The van der Waals surface area contributed by atoms with Gasteiger partial charge >= 0.3 is 0 Å². The number of hydrogen-bond donors (Lipinski definition) is 0. The largest absolute Gasteiger partial charge is 0.346 e. The molecule has 0 radical (unpaired) electrons. The molecule has 0 aliphatic heterocycles. The van der Waals surface area contributed by atoms with Crippen LogP contribution in [-0.2, 0) is 4.79 Å². The lowest BCUT2D eigenvalue weighted by atomic mass is 10.1. The Labute approximate surface area is 99.4 Å². The smallest absolute Gasteiger partial charge is 0.222 e. The van der Waals surface area contributed by atoms with Crippen molar-refractivity contribution in [2.75, 3.05) is 13.6 Å². The summed E-state index contributed by atoms with van der Waals surface area (Å²) in [6.45, 7) is 5.05. The zero-order chi connectivity index (χ0) is 12.4. The van der Waals surface area contributed by atoms with Gasteiger partial charge in [0.15, 0.2) is 0 Å². The van der Waals surface area contributed by atoms with Gasteiger partial charge in [-0.25, -0.2) is 0 Å². The Morgan fingerprint density at radius 2 is 2.06 bits per heavy atom. The normalized spacial score (nSPS) is 9.19. The van der Waals surface area contributed by atoms with Gasteiger partial charge in [-0.15, -0.1) is 6.42 Å². The van der Waals surface area contributed by atoms with Crippen LogP contribution in [0.1, 0.15) is 39.5 Å². The van der Waals surface area contributed by atoms with Crippen LogP contribution >= 0.6 is 0 Å². The van der Waals surface area contributed by atoms with Crippen LogP contribution in [0.2, 0.25) is 0 Å². The second kappa shape index (κ2) is 8.86. The first-order valence-electron chi connectivity index (χ1n) is 5.75. The van der Waals surface area contributed by atoms with Crippen molar-refractivity contribution < 1.29 is 4.79 Å². The van der Waals surface area contributed by atoms with Crippen molar-refractivity contribution in [3.63, 3.8) is 0 Å². The maximum Gasteiger partial charge on any atom is 0.222 e. The topological polar surface area (TPSA) is 20.3 Å². The predicted molar refractivity (Wildman–Crippen MR) is 67.6 cm³/mol. The summed E-state index contributed by atoms with van der Waals surface area (Å²) in [6, 6.07) is 0. The Hall–Kier alpha value is -1.41. The van der Waals surface area contributed by atoms with E-state index in [1.54, 1.807) is 4.90 Å². The van der Waals surface area contributed by atoms with Crippen LogP contribution in [0.15, 0.2) is 0 Å². The fraction of sp³-hybridized carbons (Fsp3) is 0.643. The van der Waals surface area contributed by atoms with E-state index in [4.69, 9.17) is 6.42 Å². The second-order valence-corrected chi connectivity index (χ2v) is 4.32. The van der Waals surface area contributed by atoms with Gasteiger partial charge in [0.25, 0.3) is 0 Å². The molecule has 0 N–H and O–H groups in total. The molecule has 0 saturated carbocycles. The van der Waals surface area contributed by atoms with E-state index in [-0.39, 0.29) is 5.91 Å². The minimum Gasteiger partial charge on any atom is -0.346 e. The summed E-state index contributed by atoms with van der Waals surface area (Å²) in [7, 11) is 1.86. The van der Waals surface area contributed by atoms with E-state index < -0.39 is 0 Å². The number of carbonyl (C=O) groups excluding carboxylic acids is 1. The maximum atomic E-state index is 11.6. The van der Waals surface area contributed by atoms with Gasteiger partial charge < -0.3 is 4.90 Å². The minimum absolute atomic E-state index is 0.221. The predicted octanol–water partition coefficient (Wildman–Crippen LogP) is 2.30. The van der Waals surface area contributed by atoms with Gasteiger partial charge in [-0.2, -0.15) is 0 Å². The van der Waals surface area contributed by atoms with Crippen LogP contribution in [0, 0.1) is 30.1 Å². The first-order chi connectivity index (χ1) is 7.57. The summed E-state index contributed by atoms with van der Waals surface area (Å²) in [5, 5.41) is 0. The van der Waals surface area contributed by atoms with Crippen molar-refractivity contribution in [3.05, 3.63) is 0 Å². The highest BCUT2D eigenvalue weighted by Crippen LogP contribution is 2.04. The second-order valence-electron chi connectivity index (χ2n) is 4.32. The lowest BCUT2D eigenvalue weighted by molar-refractivity contribution is -0.130. The van der Waals surface area contributed by atoms with E-state index in [0.29, 0.717) is 12.3 Å². The number of hydrogen-bond acceptors (Lipinski definition) is 1. The Bertz CT molecular complexity index is 301. The molecule has 2 heteroatoms. The van der Waals surface area contributed by atoms with Crippen molar-refractivity contribution in [1.82, 2.24) is 4.90 Å². The third-order valence-corrected chi connectivity index (χ3v) is 2.17. The maximum absolute atomic E-state index is 11.6. The van der Waals surface area contributed by atoms with Crippen molar-refractivity contribution in [2.24, 2.45) is 5.92 Å². The highest BCUT2D eigenvalue weighted by atomic mass is 16.2. The van der Waals surface area contributed by atoms with Crippen molar-refractivity contribution in [3.8, 4) is 24.2 Å². The molecule has 0 aromatic heterocycles. The molecule has 1 amide bonds. The lowest BCUT2D eigenvalue weighted by Crippen LogP contribution is -2.29. The first kappa shape index (κ1) is 14.6. The van der Waals surface area contributed by atoms with Gasteiger partial charge in [-0.05, 0) is 30.6 Å².